The lowest BCUT2D eigenvalue weighted by Gasteiger charge is -2.25. The van der Waals surface area contributed by atoms with E-state index in [0.29, 0.717) is 24.0 Å². The minimum Gasteiger partial charge on any atom is -0.336 e. The number of thiophene rings is 1. The van der Waals surface area contributed by atoms with Crippen LogP contribution >= 0.6 is 11.3 Å². The monoisotopic (exact) mass is 439 g/mol. The highest BCUT2D eigenvalue weighted by Gasteiger charge is 2.27. The number of rotatable bonds is 6. The average Bonchev–Trinajstić information content (AvgIpc) is 3.16. The van der Waals surface area contributed by atoms with Gasteiger partial charge in [-0.1, -0.05) is 12.5 Å². The van der Waals surface area contributed by atoms with Gasteiger partial charge in [-0.15, -0.1) is 11.3 Å². The summed E-state index contributed by atoms with van der Waals surface area (Å²) in [6.07, 6.45) is 2.52. The van der Waals surface area contributed by atoms with E-state index in [1.165, 1.54) is 10.4 Å². The standard InChI is InChI=1S/C19H19F2N3O3S2/c20-13-4-6-15(16(21)10-13)17(12-22)23-18(25)11-14-5-7-19(28-14)29(26,27)24-8-2-1-3-9-24/h4-7,10,17H,1-3,8-9,11H2,(H,23,25). The highest BCUT2D eigenvalue weighted by atomic mass is 32.2. The summed E-state index contributed by atoms with van der Waals surface area (Å²) in [6.45, 7) is 0.978. The molecular formula is C19H19F2N3O3S2. The Labute approximate surface area is 171 Å². The maximum atomic E-state index is 13.9. The number of halogens is 2. The lowest BCUT2D eigenvalue weighted by Crippen LogP contribution is -2.35. The van der Waals surface area contributed by atoms with Crippen molar-refractivity contribution in [2.75, 3.05) is 13.1 Å². The summed E-state index contributed by atoms with van der Waals surface area (Å²) < 4.78 is 53.9. The summed E-state index contributed by atoms with van der Waals surface area (Å²) in [5, 5.41) is 11.6. The maximum Gasteiger partial charge on any atom is 0.252 e. The number of nitrogens with zero attached hydrogens (tertiary/aromatic N) is 2. The van der Waals surface area contributed by atoms with Crippen LogP contribution in [-0.2, 0) is 21.2 Å². The van der Waals surface area contributed by atoms with Crippen LogP contribution in [0.1, 0.15) is 35.7 Å². The van der Waals surface area contributed by atoms with Crippen LogP contribution in [-0.4, -0.2) is 31.7 Å². The summed E-state index contributed by atoms with van der Waals surface area (Å²) in [5.74, 6) is -2.28. The first-order chi connectivity index (χ1) is 13.8. The lowest BCUT2D eigenvalue weighted by molar-refractivity contribution is -0.120. The number of nitriles is 1. The van der Waals surface area contributed by atoms with Gasteiger partial charge in [0.2, 0.25) is 5.91 Å². The normalized spacial score (nSPS) is 16.2. The van der Waals surface area contributed by atoms with Crippen molar-refractivity contribution >= 4 is 27.3 Å². The quantitative estimate of drug-likeness (QED) is 0.749. The first kappa shape index (κ1) is 21.4. The molecule has 1 fully saturated rings. The van der Waals surface area contributed by atoms with E-state index in [0.717, 1.165) is 42.7 Å². The smallest absolute Gasteiger partial charge is 0.252 e. The Balaban J connectivity index is 1.67. The van der Waals surface area contributed by atoms with Crippen LogP contribution in [0.4, 0.5) is 8.78 Å². The Bertz CT molecular complexity index is 1040. The van der Waals surface area contributed by atoms with Gasteiger partial charge in [-0.3, -0.25) is 4.79 Å². The minimum atomic E-state index is -3.57. The van der Waals surface area contributed by atoms with E-state index in [9.17, 15) is 27.3 Å². The van der Waals surface area contributed by atoms with Gasteiger partial charge in [0.1, 0.15) is 21.9 Å². The predicted molar refractivity (Wildman–Crippen MR) is 103 cm³/mol. The van der Waals surface area contributed by atoms with Crippen molar-refractivity contribution in [2.45, 2.75) is 35.9 Å². The molecule has 10 heteroatoms. The topological polar surface area (TPSA) is 90.3 Å². The zero-order valence-electron chi connectivity index (χ0n) is 15.4. The first-order valence-electron chi connectivity index (χ1n) is 9.04. The molecular weight excluding hydrogens is 420 g/mol. The highest BCUT2D eigenvalue weighted by molar-refractivity contribution is 7.91. The summed E-state index contributed by atoms with van der Waals surface area (Å²) in [6, 6.07) is 6.28. The molecule has 29 heavy (non-hydrogen) atoms. The van der Waals surface area contributed by atoms with Gasteiger partial charge < -0.3 is 5.32 Å². The second-order valence-corrected chi connectivity index (χ2v) is 9.99. The second kappa shape index (κ2) is 8.98. The summed E-state index contributed by atoms with van der Waals surface area (Å²) >= 11 is 1.00. The third-order valence-corrected chi connectivity index (χ3v) is 8.04. The highest BCUT2D eigenvalue weighted by Crippen LogP contribution is 2.27. The fraction of sp³-hybridized carbons (Fsp3) is 0.368. The van der Waals surface area contributed by atoms with Gasteiger partial charge in [-0.25, -0.2) is 17.2 Å². The van der Waals surface area contributed by atoms with E-state index in [-0.39, 0.29) is 16.2 Å². The van der Waals surface area contributed by atoms with Crippen LogP contribution in [0.2, 0.25) is 0 Å². The minimum absolute atomic E-state index is 0.137. The molecule has 1 aromatic carbocycles. The number of carbonyl (C=O) groups is 1. The molecule has 1 aliphatic rings. The third kappa shape index (κ3) is 4.98. The maximum absolute atomic E-state index is 13.9. The van der Waals surface area contributed by atoms with Crippen LogP contribution in [0.5, 0.6) is 0 Å². The molecule has 1 saturated heterocycles. The molecule has 0 spiro atoms. The fourth-order valence-corrected chi connectivity index (χ4v) is 6.14. The summed E-state index contributed by atoms with van der Waals surface area (Å²) in [4.78, 5) is 12.8. The van der Waals surface area contributed by atoms with E-state index >= 15 is 0 Å². The number of sulfonamides is 1. The largest absolute Gasteiger partial charge is 0.336 e. The molecule has 0 saturated carbocycles. The van der Waals surface area contributed by atoms with Crippen molar-refractivity contribution in [3.05, 3.63) is 52.4 Å². The van der Waals surface area contributed by atoms with Crippen LogP contribution in [0, 0.1) is 23.0 Å². The Morgan fingerprint density at radius 3 is 2.59 bits per heavy atom. The average molecular weight is 440 g/mol. The first-order valence-corrected chi connectivity index (χ1v) is 11.3. The van der Waals surface area contributed by atoms with E-state index < -0.39 is 33.6 Å². The van der Waals surface area contributed by atoms with Crippen molar-refractivity contribution in [3.63, 3.8) is 0 Å². The number of carbonyl (C=O) groups excluding carboxylic acids is 1. The molecule has 1 aromatic heterocycles. The number of nitrogens with one attached hydrogen (secondary N) is 1. The number of amides is 1. The van der Waals surface area contributed by atoms with Gasteiger partial charge in [0.25, 0.3) is 10.0 Å². The SMILES string of the molecule is N#CC(NC(=O)Cc1ccc(S(=O)(=O)N2CCCCC2)s1)c1ccc(F)cc1F. The number of hydrogen-bond donors (Lipinski definition) is 1. The zero-order valence-corrected chi connectivity index (χ0v) is 17.0. The Hall–Kier alpha value is -2.35. The van der Waals surface area contributed by atoms with E-state index in [2.05, 4.69) is 5.32 Å². The zero-order chi connectivity index (χ0) is 21.0. The van der Waals surface area contributed by atoms with Crippen LogP contribution in [0.15, 0.2) is 34.5 Å². The molecule has 0 radical (unpaired) electrons. The van der Waals surface area contributed by atoms with Crippen molar-refractivity contribution in [1.29, 1.82) is 5.26 Å². The van der Waals surface area contributed by atoms with Crippen molar-refractivity contribution < 1.29 is 22.0 Å². The molecule has 154 valence electrons. The predicted octanol–water partition coefficient (Wildman–Crippen LogP) is 3.12. The van der Waals surface area contributed by atoms with E-state index in [4.69, 9.17) is 0 Å². The summed E-state index contributed by atoms with van der Waals surface area (Å²) in [5.41, 5.74) is -0.137. The Morgan fingerprint density at radius 2 is 1.93 bits per heavy atom. The molecule has 3 rings (SSSR count). The van der Waals surface area contributed by atoms with Gasteiger partial charge in [0, 0.05) is 29.6 Å². The summed E-state index contributed by atoms with van der Waals surface area (Å²) in [7, 11) is -3.57. The molecule has 1 N–H and O–H groups in total. The van der Waals surface area contributed by atoms with Crippen LogP contribution < -0.4 is 5.32 Å². The lowest BCUT2D eigenvalue weighted by atomic mass is 10.1. The number of hydrogen-bond acceptors (Lipinski definition) is 5. The molecule has 1 aliphatic heterocycles. The van der Waals surface area contributed by atoms with Crippen molar-refractivity contribution in [2.24, 2.45) is 0 Å². The van der Waals surface area contributed by atoms with Crippen molar-refractivity contribution in [3.8, 4) is 6.07 Å². The van der Waals surface area contributed by atoms with Crippen LogP contribution in [0.25, 0.3) is 0 Å². The van der Waals surface area contributed by atoms with Crippen molar-refractivity contribution in [1.82, 2.24) is 9.62 Å². The van der Waals surface area contributed by atoms with Gasteiger partial charge in [0.15, 0.2) is 0 Å². The molecule has 1 amide bonds. The Morgan fingerprint density at radius 1 is 1.21 bits per heavy atom. The van der Waals surface area contributed by atoms with E-state index in [1.807, 2.05) is 0 Å². The van der Waals surface area contributed by atoms with Gasteiger partial charge in [-0.2, -0.15) is 9.57 Å². The van der Waals surface area contributed by atoms with Gasteiger partial charge >= 0.3 is 0 Å². The molecule has 2 heterocycles. The number of piperidine rings is 1. The van der Waals surface area contributed by atoms with Crippen LogP contribution in [0.3, 0.4) is 0 Å². The molecule has 2 aromatic rings. The number of benzene rings is 1. The molecule has 0 aliphatic carbocycles. The third-order valence-electron chi connectivity index (χ3n) is 4.59. The Kier molecular flexibility index (Phi) is 6.62. The van der Waals surface area contributed by atoms with Gasteiger partial charge in [0.05, 0.1) is 12.5 Å². The second-order valence-electron chi connectivity index (χ2n) is 6.66. The van der Waals surface area contributed by atoms with E-state index in [1.54, 1.807) is 12.1 Å². The molecule has 6 nitrogen and oxygen atoms in total. The van der Waals surface area contributed by atoms with Gasteiger partial charge in [-0.05, 0) is 31.0 Å². The fourth-order valence-electron chi connectivity index (χ4n) is 3.11. The molecule has 1 atom stereocenters. The molecule has 0 bridgehead atoms. The molecule has 1 unspecified atom stereocenters.